The van der Waals surface area contributed by atoms with Gasteiger partial charge in [0, 0.05) is 0 Å². The van der Waals surface area contributed by atoms with E-state index in [1.807, 2.05) is 0 Å². The van der Waals surface area contributed by atoms with Crippen LogP contribution in [0.25, 0.3) is 12.2 Å². The molecule has 0 bridgehead atoms. The summed E-state index contributed by atoms with van der Waals surface area (Å²) in [5, 5.41) is 0. The van der Waals surface area contributed by atoms with E-state index in [4.69, 9.17) is 0 Å². The standard InChI is InChI=1S/2C17H15.CH2.2ClH.Zr/c2*1-13-11-15-9-5-6-10-16(17(15)12-13)14-7-3-2-4-8-14;;;;/h2*2-12,16H,1H3;1H2;2*1H;/q2*-1;;;;+2. The molecule has 4 aromatic rings. The molecule has 0 N–H and O–H groups in total. The van der Waals surface area contributed by atoms with Gasteiger partial charge in [-0.15, -0.1) is 72.4 Å². The first kappa shape index (κ1) is 31.6. The van der Waals surface area contributed by atoms with Crippen molar-refractivity contribution in [3.63, 3.8) is 0 Å². The molecule has 6 rings (SSSR count). The number of aryl methyl sites for hydroxylation is 2. The molecule has 2 aliphatic carbocycles. The van der Waals surface area contributed by atoms with Gasteiger partial charge in [0.1, 0.15) is 0 Å². The predicted molar refractivity (Wildman–Crippen MR) is 168 cm³/mol. The molecule has 0 radical (unpaired) electrons. The van der Waals surface area contributed by atoms with Gasteiger partial charge >= 0.3 is 28.4 Å². The van der Waals surface area contributed by atoms with E-state index in [1.54, 1.807) is 0 Å². The van der Waals surface area contributed by atoms with Gasteiger partial charge in [-0.05, 0) is 23.0 Å². The van der Waals surface area contributed by atoms with Crippen molar-refractivity contribution in [1.82, 2.24) is 0 Å². The van der Waals surface area contributed by atoms with Crippen molar-refractivity contribution in [2.45, 2.75) is 25.7 Å². The quantitative estimate of drug-likeness (QED) is 0.197. The van der Waals surface area contributed by atoms with Crippen LogP contribution in [0, 0.1) is 13.8 Å². The van der Waals surface area contributed by atoms with Crippen molar-refractivity contribution < 1.29 is 24.2 Å². The van der Waals surface area contributed by atoms with Crippen LogP contribution in [0.5, 0.6) is 0 Å². The molecule has 0 saturated heterocycles. The third-order valence-electron chi connectivity index (χ3n) is 6.57. The summed E-state index contributed by atoms with van der Waals surface area (Å²) in [6.45, 7) is 4.32. The third kappa shape index (κ3) is 7.73. The monoisotopic (exact) mass is 614 g/mol. The van der Waals surface area contributed by atoms with Gasteiger partial charge in [0.25, 0.3) is 0 Å². The van der Waals surface area contributed by atoms with Crippen molar-refractivity contribution >= 4 is 41.2 Å². The Morgan fingerprint density at radius 2 is 0.947 bits per heavy atom. The maximum atomic E-state index is 3.34. The molecule has 2 aliphatic rings. The van der Waals surface area contributed by atoms with Gasteiger partial charge in [-0.1, -0.05) is 98.8 Å². The van der Waals surface area contributed by atoms with Crippen LogP contribution in [0.15, 0.2) is 121 Å². The molecular formula is C35H34Cl2Zr. The van der Waals surface area contributed by atoms with Crippen LogP contribution in [0.2, 0.25) is 0 Å². The molecule has 0 amide bonds. The van der Waals surface area contributed by atoms with E-state index in [0.717, 1.165) is 0 Å². The van der Waals surface area contributed by atoms with E-state index in [9.17, 15) is 0 Å². The second-order valence-electron chi connectivity index (χ2n) is 9.15. The topological polar surface area (TPSA) is 0 Å². The fraction of sp³-hybridized carbons (Fsp3) is 0.114. The van der Waals surface area contributed by atoms with Crippen LogP contribution < -0.4 is 0 Å². The summed E-state index contributed by atoms with van der Waals surface area (Å²) in [7, 11) is 0. The Kier molecular flexibility index (Phi) is 13.1. The Hall–Kier alpha value is -2.57. The van der Waals surface area contributed by atoms with Gasteiger partial charge < -0.3 is 0 Å². The van der Waals surface area contributed by atoms with Gasteiger partial charge in [0.05, 0.1) is 0 Å². The molecule has 0 heterocycles. The van der Waals surface area contributed by atoms with E-state index in [1.165, 1.54) is 68.7 Å². The molecule has 192 valence electrons. The Morgan fingerprint density at radius 3 is 1.32 bits per heavy atom. The Morgan fingerprint density at radius 1 is 0.579 bits per heavy atom. The fourth-order valence-corrected chi connectivity index (χ4v) is 5.00. The van der Waals surface area contributed by atoms with Crippen molar-refractivity contribution in [2.24, 2.45) is 0 Å². The summed E-state index contributed by atoms with van der Waals surface area (Å²) in [5.74, 6) is 0.768. The van der Waals surface area contributed by atoms with Crippen LogP contribution in [0.3, 0.4) is 0 Å². The molecule has 0 aliphatic heterocycles. The van der Waals surface area contributed by atoms with Crippen LogP contribution >= 0.6 is 24.8 Å². The molecule has 4 aromatic carbocycles. The molecule has 0 nitrogen and oxygen atoms in total. The fourth-order valence-electron chi connectivity index (χ4n) is 5.00. The number of allylic oxidation sites excluding steroid dienone is 6. The molecule has 0 aromatic heterocycles. The average Bonchev–Trinajstić information content (AvgIpc) is 3.33. The summed E-state index contributed by atoms with van der Waals surface area (Å²) in [4.78, 5) is 0. The molecular weight excluding hydrogens is 583 g/mol. The van der Waals surface area contributed by atoms with Gasteiger partial charge in [0.2, 0.25) is 0 Å². The molecule has 0 fully saturated rings. The SMILES string of the molecule is Cc1cc2c([cH-]1)C=CC=CC2c1ccccc1.Cc1cc2c([cH-]1)C=CC=CC2c1ccccc1.Cl.Cl.[CH2]=[Zr+2]. The van der Waals surface area contributed by atoms with E-state index in [0.29, 0.717) is 11.8 Å². The minimum atomic E-state index is 0. The van der Waals surface area contributed by atoms with Crippen LogP contribution in [-0.2, 0) is 24.2 Å². The Bertz CT molecular complexity index is 1280. The van der Waals surface area contributed by atoms with E-state index in [-0.39, 0.29) is 24.8 Å². The first-order valence-electron chi connectivity index (χ1n) is 12.4. The summed E-state index contributed by atoms with van der Waals surface area (Å²) in [6.07, 6.45) is 17.5. The number of halogens is 2. The van der Waals surface area contributed by atoms with Crippen molar-refractivity contribution in [3.8, 4) is 0 Å². The maximum absolute atomic E-state index is 3.34. The average molecular weight is 617 g/mol. The van der Waals surface area contributed by atoms with Gasteiger partial charge in [-0.25, -0.2) is 0 Å². The molecule has 0 spiro atoms. The van der Waals surface area contributed by atoms with Gasteiger partial charge in [-0.3, -0.25) is 0 Å². The first-order chi connectivity index (χ1) is 17.7. The summed E-state index contributed by atoms with van der Waals surface area (Å²) >= 11 is 1.30. The number of hydrogen-bond donors (Lipinski definition) is 0. The third-order valence-corrected chi connectivity index (χ3v) is 6.57. The molecule has 38 heavy (non-hydrogen) atoms. The molecule has 3 heteroatoms. The van der Waals surface area contributed by atoms with Crippen LogP contribution in [0.4, 0.5) is 0 Å². The Balaban J connectivity index is 0.000000239. The van der Waals surface area contributed by atoms with E-state index in [2.05, 4.69) is 152 Å². The number of benzene rings is 2. The first-order valence-corrected chi connectivity index (χ1v) is 14.1. The summed E-state index contributed by atoms with van der Waals surface area (Å²) in [5.41, 5.74) is 10.9. The summed E-state index contributed by atoms with van der Waals surface area (Å²) < 4.78 is 3.34. The van der Waals surface area contributed by atoms with Crippen LogP contribution in [0.1, 0.15) is 56.3 Å². The minimum absolute atomic E-state index is 0. The predicted octanol–water partition coefficient (Wildman–Crippen LogP) is 9.67. The zero-order valence-corrected chi connectivity index (χ0v) is 26.0. The molecule has 2 unspecified atom stereocenters. The normalized spacial score (nSPS) is 16.1. The zero-order chi connectivity index (χ0) is 25.3. The molecule has 0 saturated carbocycles. The Labute approximate surface area is 255 Å². The number of hydrogen-bond acceptors (Lipinski definition) is 0. The van der Waals surface area contributed by atoms with Crippen LogP contribution in [-0.4, -0.2) is 4.21 Å². The summed E-state index contributed by atoms with van der Waals surface area (Å²) in [6, 6.07) is 30.5. The van der Waals surface area contributed by atoms with Crippen molar-refractivity contribution in [3.05, 3.63) is 166 Å². The van der Waals surface area contributed by atoms with Gasteiger partial charge in [0.15, 0.2) is 0 Å². The van der Waals surface area contributed by atoms with Crippen molar-refractivity contribution in [1.29, 1.82) is 0 Å². The number of fused-ring (bicyclic) bond motifs is 2. The van der Waals surface area contributed by atoms with E-state index < -0.39 is 0 Å². The number of rotatable bonds is 2. The second-order valence-corrected chi connectivity index (χ2v) is 9.15. The van der Waals surface area contributed by atoms with Crippen molar-refractivity contribution in [2.75, 3.05) is 0 Å². The molecule has 2 atom stereocenters. The zero-order valence-electron chi connectivity index (χ0n) is 21.9. The second kappa shape index (κ2) is 15.8. The van der Waals surface area contributed by atoms with E-state index >= 15 is 0 Å². The van der Waals surface area contributed by atoms with Gasteiger partial charge in [-0.2, -0.15) is 34.4 Å².